The van der Waals surface area contributed by atoms with Crippen LogP contribution < -0.4 is 20.3 Å². The van der Waals surface area contributed by atoms with Crippen molar-refractivity contribution >= 4 is 29.7 Å². The van der Waals surface area contributed by atoms with Gasteiger partial charge in [-0.25, -0.2) is 24.0 Å². The van der Waals surface area contributed by atoms with Gasteiger partial charge in [-0.2, -0.15) is 13.9 Å². The molecule has 0 unspecified atom stereocenters. The van der Waals surface area contributed by atoms with E-state index in [2.05, 4.69) is 35.6 Å². The molecule has 0 radical (unpaired) electrons. The van der Waals surface area contributed by atoms with E-state index in [-0.39, 0.29) is 23.8 Å². The van der Waals surface area contributed by atoms with Crippen LogP contribution in [-0.2, 0) is 0 Å². The van der Waals surface area contributed by atoms with Crippen molar-refractivity contribution in [2.45, 2.75) is 25.4 Å². The third kappa shape index (κ3) is 6.07. The number of alkyl halides is 2. The highest BCUT2D eigenvalue weighted by molar-refractivity contribution is 5.85. The maximum absolute atomic E-state index is 14.6. The molecule has 2 N–H and O–H groups in total. The molecule has 0 amide bonds. The average molecular weight is 561 g/mol. The summed E-state index contributed by atoms with van der Waals surface area (Å²) in [4.78, 5) is 15.4. The van der Waals surface area contributed by atoms with E-state index in [1.54, 1.807) is 24.4 Å². The number of halogens is 4. The van der Waals surface area contributed by atoms with Gasteiger partial charge in [0, 0.05) is 60.6 Å². The van der Waals surface area contributed by atoms with Crippen molar-refractivity contribution in [3.8, 4) is 28.3 Å². The molecular weight excluding hydrogens is 533 g/mol. The number of aromatic nitrogens is 5. The summed E-state index contributed by atoms with van der Waals surface area (Å²) in [7, 11) is 3.39. The van der Waals surface area contributed by atoms with Gasteiger partial charge in [-0.15, -0.1) is 12.4 Å². The van der Waals surface area contributed by atoms with Gasteiger partial charge in [0.25, 0.3) is 0 Å². The monoisotopic (exact) mass is 560 g/mol. The summed E-state index contributed by atoms with van der Waals surface area (Å²) >= 11 is 0. The number of nitrogens with one attached hydrogen (secondary N) is 2. The predicted octanol–water partition coefficient (Wildman–Crippen LogP) is 5.30. The van der Waals surface area contributed by atoms with Gasteiger partial charge in [0.05, 0.1) is 18.9 Å². The first-order valence-electron chi connectivity index (χ1n) is 12.1. The number of pyridine rings is 1. The highest BCUT2D eigenvalue weighted by Gasteiger charge is 2.23. The Morgan fingerprint density at radius 3 is 2.72 bits per heavy atom. The lowest BCUT2D eigenvalue weighted by Gasteiger charge is -2.35. The first-order valence-corrected chi connectivity index (χ1v) is 12.1. The molecule has 13 heteroatoms. The molecule has 1 aromatic carbocycles. The van der Waals surface area contributed by atoms with Crippen molar-refractivity contribution in [1.29, 1.82) is 0 Å². The Bertz CT molecular complexity index is 1420. The quantitative estimate of drug-likeness (QED) is 0.300. The first-order chi connectivity index (χ1) is 18.5. The Hall–Kier alpha value is -3.90. The molecule has 1 saturated heterocycles. The molecule has 3 aromatic heterocycles. The number of ether oxygens (including phenoxy) is 1. The number of hydrogen-bond acceptors (Lipinski definition) is 8. The van der Waals surface area contributed by atoms with Crippen molar-refractivity contribution in [2.75, 3.05) is 37.5 Å². The first kappa shape index (κ1) is 28.1. The SMILES string of the molecule is CN[C@@H]1CCCN(c2cc(Nc3ccnc(-c4c(F)cccc4OC)n3)ncc2-c2cnn(C(F)F)c2)C1.Cl. The van der Waals surface area contributed by atoms with Crippen molar-refractivity contribution in [2.24, 2.45) is 0 Å². The summed E-state index contributed by atoms with van der Waals surface area (Å²) in [5, 5.41) is 10.3. The molecule has 5 rings (SSSR count). The zero-order chi connectivity index (χ0) is 26.6. The maximum atomic E-state index is 14.6. The molecule has 0 aliphatic carbocycles. The Kier molecular flexibility index (Phi) is 8.87. The van der Waals surface area contributed by atoms with E-state index in [1.807, 2.05) is 13.1 Å². The molecule has 4 heterocycles. The van der Waals surface area contributed by atoms with E-state index in [4.69, 9.17) is 4.74 Å². The molecule has 1 atom stereocenters. The van der Waals surface area contributed by atoms with E-state index < -0.39 is 12.4 Å². The van der Waals surface area contributed by atoms with Gasteiger partial charge in [-0.05, 0) is 38.1 Å². The lowest BCUT2D eigenvalue weighted by Crippen LogP contribution is -2.44. The predicted molar refractivity (Wildman–Crippen MR) is 146 cm³/mol. The third-order valence-electron chi connectivity index (χ3n) is 6.50. The van der Waals surface area contributed by atoms with Gasteiger partial charge < -0.3 is 20.3 Å². The van der Waals surface area contributed by atoms with Gasteiger partial charge in [0.1, 0.15) is 23.2 Å². The topological polar surface area (TPSA) is 93.0 Å². The number of piperidine rings is 1. The van der Waals surface area contributed by atoms with E-state index in [1.165, 1.54) is 31.8 Å². The van der Waals surface area contributed by atoms with Crippen molar-refractivity contribution in [3.05, 3.63) is 60.9 Å². The van der Waals surface area contributed by atoms with Crippen LogP contribution in [-0.4, -0.2) is 58.0 Å². The highest BCUT2D eigenvalue weighted by atomic mass is 35.5. The normalized spacial score (nSPS) is 15.2. The van der Waals surface area contributed by atoms with E-state index >= 15 is 0 Å². The van der Waals surface area contributed by atoms with Crippen LogP contribution in [0.5, 0.6) is 5.75 Å². The van der Waals surface area contributed by atoms with E-state index in [0.717, 1.165) is 31.6 Å². The molecule has 1 aliphatic heterocycles. The number of hydrogen-bond donors (Lipinski definition) is 2. The van der Waals surface area contributed by atoms with E-state index in [0.29, 0.717) is 39.2 Å². The minimum atomic E-state index is -2.73. The van der Waals surface area contributed by atoms with Crippen LogP contribution in [0.2, 0.25) is 0 Å². The number of rotatable bonds is 8. The maximum Gasteiger partial charge on any atom is 0.333 e. The molecular formula is C26H28ClF3N8O. The Morgan fingerprint density at radius 2 is 1.97 bits per heavy atom. The standard InChI is InChI=1S/C26H27F3N8O.ClH/c1-30-17-5-4-10-36(15-17)20-11-23(32-13-18(20)16-12-33-37(14-16)26(28)29)34-22-8-9-31-25(35-22)24-19(27)6-3-7-21(24)38-2;/h3,6-9,11-14,17,26,30H,4-5,10,15H2,1-2H3,(H,31,32,34,35);1H/t17-;/m1./s1. The molecule has 206 valence electrons. The second-order valence-electron chi connectivity index (χ2n) is 8.85. The summed E-state index contributed by atoms with van der Waals surface area (Å²) in [6, 6.07) is 8.32. The largest absolute Gasteiger partial charge is 0.496 e. The van der Waals surface area contributed by atoms with Crippen LogP contribution >= 0.6 is 12.4 Å². The number of likely N-dealkylation sites (N-methyl/N-ethyl adjacent to an activating group) is 1. The van der Waals surface area contributed by atoms with Gasteiger partial charge >= 0.3 is 6.55 Å². The molecule has 9 nitrogen and oxygen atoms in total. The van der Waals surface area contributed by atoms with Gasteiger partial charge in [0.2, 0.25) is 0 Å². The van der Waals surface area contributed by atoms with Crippen LogP contribution in [0.3, 0.4) is 0 Å². The van der Waals surface area contributed by atoms with Crippen LogP contribution in [0.1, 0.15) is 19.4 Å². The lowest BCUT2D eigenvalue weighted by molar-refractivity contribution is 0.0566. The molecule has 39 heavy (non-hydrogen) atoms. The van der Waals surface area contributed by atoms with Gasteiger partial charge in [-0.1, -0.05) is 6.07 Å². The summed E-state index contributed by atoms with van der Waals surface area (Å²) in [6.07, 6.45) is 7.91. The van der Waals surface area contributed by atoms with Crippen molar-refractivity contribution in [1.82, 2.24) is 30.0 Å². The number of nitrogens with zero attached hydrogens (tertiary/aromatic N) is 6. The fourth-order valence-electron chi connectivity index (χ4n) is 4.58. The summed E-state index contributed by atoms with van der Waals surface area (Å²) in [5.41, 5.74) is 2.23. The smallest absolute Gasteiger partial charge is 0.333 e. The molecule has 1 aliphatic rings. The van der Waals surface area contributed by atoms with Crippen LogP contribution in [0.4, 0.5) is 30.5 Å². The van der Waals surface area contributed by atoms with Crippen LogP contribution in [0, 0.1) is 5.82 Å². The van der Waals surface area contributed by atoms with Crippen molar-refractivity contribution < 1.29 is 17.9 Å². The Labute approximate surface area is 229 Å². The highest BCUT2D eigenvalue weighted by Crippen LogP contribution is 2.35. The molecule has 1 fully saturated rings. The van der Waals surface area contributed by atoms with Crippen molar-refractivity contribution in [3.63, 3.8) is 0 Å². The van der Waals surface area contributed by atoms with Crippen LogP contribution in [0.15, 0.2) is 55.1 Å². The second kappa shape index (κ2) is 12.3. The van der Waals surface area contributed by atoms with E-state index in [9.17, 15) is 13.2 Å². The summed E-state index contributed by atoms with van der Waals surface area (Å²) in [6.45, 7) is -1.17. The lowest BCUT2D eigenvalue weighted by atomic mass is 10.0. The zero-order valence-corrected chi connectivity index (χ0v) is 22.1. The molecule has 0 bridgehead atoms. The molecule has 0 spiro atoms. The van der Waals surface area contributed by atoms with Gasteiger partial charge in [0.15, 0.2) is 5.82 Å². The molecule has 0 saturated carbocycles. The molecule has 4 aromatic rings. The van der Waals surface area contributed by atoms with Gasteiger partial charge in [-0.3, -0.25) is 0 Å². The number of methoxy groups -OCH3 is 1. The second-order valence-corrected chi connectivity index (χ2v) is 8.85. The number of benzene rings is 1. The zero-order valence-electron chi connectivity index (χ0n) is 21.3. The fourth-order valence-corrected chi connectivity index (χ4v) is 4.58. The fraction of sp³-hybridized carbons (Fsp3) is 0.308. The minimum Gasteiger partial charge on any atom is -0.496 e. The average Bonchev–Trinajstić information content (AvgIpc) is 3.44. The summed E-state index contributed by atoms with van der Waals surface area (Å²) < 4.78 is 46.9. The summed E-state index contributed by atoms with van der Waals surface area (Å²) in [5.74, 6) is 0.875. The minimum absolute atomic E-state index is 0. The number of anilines is 3. The third-order valence-corrected chi connectivity index (χ3v) is 6.50. The Balaban J connectivity index is 0.00000353. The Morgan fingerprint density at radius 1 is 1.13 bits per heavy atom. The van der Waals surface area contributed by atoms with Crippen LogP contribution in [0.25, 0.3) is 22.5 Å².